The number of halogens is 1. The molecule has 16 heavy (non-hydrogen) atoms. The third kappa shape index (κ3) is 1.57. The molecule has 0 amide bonds. The summed E-state index contributed by atoms with van der Waals surface area (Å²) in [5.74, 6) is -1.71. The highest BCUT2D eigenvalue weighted by atomic mass is 35.5. The van der Waals surface area contributed by atoms with Gasteiger partial charge in [0.05, 0.1) is 5.39 Å². The maximum absolute atomic E-state index is 11.6. The van der Waals surface area contributed by atoms with Gasteiger partial charge in [-0.25, -0.2) is 9.59 Å². The van der Waals surface area contributed by atoms with Gasteiger partial charge in [0, 0.05) is 10.4 Å². The van der Waals surface area contributed by atoms with Crippen molar-refractivity contribution < 1.29 is 14.3 Å². The van der Waals surface area contributed by atoms with Crippen molar-refractivity contribution >= 4 is 28.3 Å². The molecule has 0 aliphatic rings. The van der Waals surface area contributed by atoms with Gasteiger partial charge in [-0.2, -0.15) is 0 Å². The fourth-order valence-corrected chi connectivity index (χ4v) is 1.74. The highest BCUT2D eigenvalue weighted by molar-refractivity contribution is 6.35. The van der Waals surface area contributed by atoms with Crippen LogP contribution in [0.5, 0.6) is 0 Å². The van der Waals surface area contributed by atoms with Crippen molar-refractivity contribution in [2.24, 2.45) is 0 Å². The fourth-order valence-electron chi connectivity index (χ4n) is 1.53. The van der Waals surface area contributed by atoms with Crippen LogP contribution < -0.4 is 5.63 Å². The molecule has 0 spiro atoms. The zero-order valence-electron chi connectivity index (χ0n) is 8.28. The molecule has 0 bridgehead atoms. The molecular formula is C11H7ClO4. The summed E-state index contributed by atoms with van der Waals surface area (Å²) >= 11 is 5.90. The van der Waals surface area contributed by atoms with Gasteiger partial charge in [0.25, 0.3) is 0 Å². The summed E-state index contributed by atoms with van der Waals surface area (Å²) in [6.45, 7) is 1.73. The van der Waals surface area contributed by atoms with Crippen molar-refractivity contribution in [3.8, 4) is 0 Å². The molecule has 0 radical (unpaired) electrons. The Morgan fingerprint density at radius 1 is 1.44 bits per heavy atom. The molecule has 1 heterocycles. The number of aromatic carboxylic acids is 1. The fraction of sp³-hybridized carbons (Fsp3) is 0.0909. The number of carboxylic acid groups (broad SMARTS) is 1. The second-order valence-corrected chi connectivity index (χ2v) is 3.76. The van der Waals surface area contributed by atoms with Crippen LogP contribution in [0.25, 0.3) is 10.8 Å². The summed E-state index contributed by atoms with van der Waals surface area (Å²) in [5, 5.41) is 9.80. The highest BCUT2D eigenvalue weighted by Gasteiger charge is 2.13. The quantitative estimate of drug-likeness (QED) is 0.829. The number of benzene rings is 1. The van der Waals surface area contributed by atoms with E-state index in [4.69, 9.17) is 16.7 Å². The molecule has 0 saturated carbocycles. The van der Waals surface area contributed by atoms with Crippen molar-refractivity contribution in [1.29, 1.82) is 0 Å². The third-order valence-electron chi connectivity index (χ3n) is 2.29. The minimum Gasteiger partial charge on any atom is -0.475 e. The zero-order chi connectivity index (χ0) is 11.9. The van der Waals surface area contributed by atoms with E-state index in [9.17, 15) is 9.59 Å². The number of hydrogen-bond acceptors (Lipinski definition) is 3. The van der Waals surface area contributed by atoms with Crippen LogP contribution >= 0.6 is 11.6 Å². The molecule has 2 rings (SSSR count). The van der Waals surface area contributed by atoms with Gasteiger partial charge in [0.1, 0.15) is 0 Å². The lowest BCUT2D eigenvalue weighted by molar-refractivity contribution is 0.0658. The molecular weight excluding hydrogens is 232 g/mol. The van der Waals surface area contributed by atoms with E-state index in [-0.39, 0.29) is 0 Å². The first kappa shape index (κ1) is 10.7. The maximum atomic E-state index is 11.6. The average Bonchev–Trinajstić information content (AvgIpc) is 2.22. The topological polar surface area (TPSA) is 67.5 Å². The van der Waals surface area contributed by atoms with Crippen LogP contribution in [0.4, 0.5) is 0 Å². The Morgan fingerprint density at radius 3 is 2.75 bits per heavy atom. The van der Waals surface area contributed by atoms with Gasteiger partial charge in [0.2, 0.25) is 5.76 Å². The van der Waals surface area contributed by atoms with Crippen molar-refractivity contribution in [2.75, 3.05) is 0 Å². The van der Waals surface area contributed by atoms with Crippen LogP contribution in [-0.4, -0.2) is 11.1 Å². The SMILES string of the molecule is Cc1ccc(Cl)c2cc(C(=O)O)oc(=O)c12. The zero-order valence-corrected chi connectivity index (χ0v) is 9.04. The molecule has 2 aromatic rings. The van der Waals surface area contributed by atoms with Crippen molar-refractivity contribution in [3.05, 3.63) is 45.0 Å². The Hall–Kier alpha value is -1.81. The van der Waals surface area contributed by atoms with Crippen LogP contribution in [0.1, 0.15) is 16.1 Å². The molecule has 0 unspecified atom stereocenters. The Morgan fingerprint density at radius 2 is 2.12 bits per heavy atom. The predicted molar refractivity (Wildman–Crippen MR) is 59.2 cm³/mol. The van der Waals surface area contributed by atoms with Gasteiger partial charge in [-0.3, -0.25) is 0 Å². The van der Waals surface area contributed by atoms with Gasteiger partial charge >= 0.3 is 11.6 Å². The van der Waals surface area contributed by atoms with Gasteiger partial charge in [-0.15, -0.1) is 0 Å². The minimum absolute atomic E-state index is 0.317. The van der Waals surface area contributed by atoms with E-state index >= 15 is 0 Å². The van der Waals surface area contributed by atoms with E-state index in [0.29, 0.717) is 21.4 Å². The molecule has 0 saturated heterocycles. The van der Waals surface area contributed by atoms with Crippen molar-refractivity contribution in [2.45, 2.75) is 6.92 Å². The number of hydrogen-bond donors (Lipinski definition) is 1. The Labute approximate surface area is 95.1 Å². The molecule has 0 atom stereocenters. The summed E-state index contributed by atoms with van der Waals surface area (Å²) in [6.07, 6.45) is 0. The summed E-state index contributed by atoms with van der Waals surface area (Å²) < 4.78 is 4.67. The van der Waals surface area contributed by atoms with Crippen molar-refractivity contribution in [1.82, 2.24) is 0 Å². The number of aryl methyl sites for hydroxylation is 1. The molecule has 5 heteroatoms. The van der Waals surface area contributed by atoms with Crippen LogP contribution in [0.2, 0.25) is 5.02 Å². The van der Waals surface area contributed by atoms with E-state index in [1.807, 2.05) is 0 Å². The van der Waals surface area contributed by atoms with Crippen LogP contribution in [0.3, 0.4) is 0 Å². The summed E-state index contributed by atoms with van der Waals surface area (Å²) in [5.41, 5.74) is 0.0139. The Kier molecular flexibility index (Phi) is 2.44. The second kappa shape index (κ2) is 3.64. The monoisotopic (exact) mass is 238 g/mol. The maximum Gasteiger partial charge on any atom is 0.371 e. The van der Waals surface area contributed by atoms with Gasteiger partial charge < -0.3 is 9.52 Å². The molecule has 1 aromatic carbocycles. The summed E-state index contributed by atoms with van der Waals surface area (Å²) in [6, 6.07) is 4.56. The average molecular weight is 239 g/mol. The van der Waals surface area contributed by atoms with Gasteiger partial charge in [0.15, 0.2) is 0 Å². The molecule has 1 N–H and O–H groups in total. The highest BCUT2D eigenvalue weighted by Crippen LogP contribution is 2.24. The number of fused-ring (bicyclic) bond motifs is 1. The Bertz CT molecular complexity index is 642. The minimum atomic E-state index is -1.29. The molecule has 0 aliphatic carbocycles. The van der Waals surface area contributed by atoms with Gasteiger partial charge in [-0.1, -0.05) is 17.7 Å². The largest absolute Gasteiger partial charge is 0.475 e. The van der Waals surface area contributed by atoms with E-state index in [1.54, 1.807) is 19.1 Å². The summed E-state index contributed by atoms with van der Waals surface area (Å²) in [7, 11) is 0. The summed E-state index contributed by atoms with van der Waals surface area (Å²) in [4.78, 5) is 22.3. The van der Waals surface area contributed by atoms with Gasteiger partial charge in [-0.05, 0) is 24.6 Å². The number of rotatable bonds is 1. The van der Waals surface area contributed by atoms with E-state index in [2.05, 4.69) is 4.42 Å². The van der Waals surface area contributed by atoms with Crippen LogP contribution in [0.15, 0.2) is 27.4 Å². The molecule has 0 fully saturated rings. The lowest BCUT2D eigenvalue weighted by atomic mass is 10.1. The Balaban J connectivity index is 2.98. The van der Waals surface area contributed by atoms with E-state index < -0.39 is 17.4 Å². The molecule has 4 nitrogen and oxygen atoms in total. The molecule has 1 aromatic heterocycles. The standard InChI is InChI=1S/C11H7ClO4/c1-5-2-3-7(12)6-4-8(10(13)14)16-11(15)9(5)6/h2-4H,1H3,(H,13,14). The second-order valence-electron chi connectivity index (χ2n) is 3.36. The van der Waals surface area contributed by atoms with Crippen LogP contribution in [0, 0.1) is 6.92 Å². The smallest absolute Gasteiger partial charge is 0.371 e. The molecule has 0 aliphatic heterocycles. The first-order chi connectivity index (χ1) is 7.50. The van der Waals surface area contributed by atoms with E-state index in [1.165, 1.54) is 6.07 Å². The first-order valence-electron chi connectivity index (χ1n) is 4.47. The number of carboxylic acids is 1. The predicted octanol–water partition coefficient (Wildman–Crippen LogP) is 2.45. The lowest BCUT2D eigenvalue weighted by Crippen LogP contribution is -2.07. The normalized spacial score (nSPS) is 10.6. The van der Waals surface area contributed by atoms with Crippen molar-refractivity contribution in [3.63, 3.8) is 0 Å². The lowest BCUT2D eigenvalue weighted by Gasteiger charge is -2.03. The first-order valence-corrected chi connectivity index (χ1v) is 4.85. The van der Waals surface area contributed by atoms with E-state index in [0.717, 1.165) is 0 Å². The van der Waals surface area contributed by atoms with Crippen LogP contribution in [-0.2, 0) is 0 Å². The molecule has 82 valence electrons. The third-order valence-corrected chi connectivity index (χ3v) is 2.62. The number of carbonyl (C=O) groups is 1.